The van der Waals surface area contributed by atoms with Crippen LogP contribution in [0.5, 0.6) is 5.75 Å². The van der Waals surface area contributed by atoms with Gasteiger partial charge in [0.2, 0.25) is 10.0 Å². The Kier molecular flexibility index (Phi) is 5.98. The van der Waals surface area contributed by atoms with Crippen LogP contribution in [0.25, 0.3) is 0 Å². The van der Waals surface area contributed by atoms with Crippen molar-refractivity contribution in [1.29, 1.82) is 0 Å². The SMILES string of the molecule is COc1ccc(S(=O)(=O)N2C[C@H]3CN(C(=O)NC4CCCCC4)C[C@@H](C2)O3)cc1. The Morgan fingerprint density at radius 1 is 1.03 bits per heavy atom. The Morgan fingerprint density at radius 2 is 1.66 bits per heavy atom. The number of morpholine rings is 2. The molecular formula is C20H29N3O5S. The number of benzene rings is 1. The van der Waals surface area contributed by atoms with E-state index >= 15 is 0 Å². The second-order valence-electron chi connectivity index (χ2n) is 8.07. The van der Waals surface area contributed by atoms with Crippen LogP contribution in [-0.2, 0) is 14.8 Å². The lowest BCUT2D eigenvalue weighted by Crippen LogP contribution is -2.63. The molecule has 0 aromatic heterocycles. The number of ether oxygens (including phenoxy) is 2. The van der Waals surface area contributed by atoms with Crippen molar-refractivity contribution in [3.05, 3.63) is 24.3 Å². The minimum absolute atomic E-state index is 0.0540. The number of fused-ring (bicyclic) bond motifs is 2. The van der Waals surface area contributed by atoms with Crippen LogP contribution >= 0.6 is 0 Å². The smallest absolute Gasteiger partial charge is 0.317 e. The number of carbonyl (C=O) groups excluding carboxylic acids is 1. The molecule has 29 heavy (non-hydrogen) atoms. The van der Waals surface area contributed by atoms with Crippen LogP contribution in [0.15, 0.2) is 29.2 Å². The molecule has 2 bridgehead atoms. The fraction of sp³-hybridized carbons (Fsp3) is 0.650. The molecule has 2 amide bonds. The molecule has 2 saturated heterocycles. The first kappa shape index (κ1) is 20.4. The van der Waals surface area contributed by atoms with Gasteiger partial charge in [0.05, 0.1) is 37.3 Å². The minimum Gasteiger partial charge on any atom is -0.497 e. The number of hydrogen-bond acceptors (Lipinski definition) is 5. The average Bonchev–Trinajstić information content (AvgIpc) is 2.73. The van der Waals surface area contributed by atoms with E-state index in [9.17, 15) is 13.2 Å². The summed E-state index contributed by atoms with van der Waals surface area (Å²) in [6.07, 6.45) is 5.02. The van der Waals surface area contributed by atoms with Crippen LogP contribution in [0.3, 0.4) is 0 Å². The van der Waals surface area contributed by atoms with Crippen LogP contribution in [-0.4, -0.2) is 75.2 Å². The lowest BCUT2D eigenvalue weighted by Gasteiger charge is -2.45. The van der Waals surface area contributed by atoms with Crippen LogP contribution in [0.1, 0.15) is 32.1 Å². The molecule has 1 aromatic carbocycles. The summed E-state index contributed by atoms with van der Waals surface area (Å²) < 4.78 is 38.6. The van der Waals surface area contributed by atoms with Crippen LogP contribution in [0.2, 0.25) is 0 Å². The van der Waals surface area contributed by atoms with Crippen molar-refractivity contribution < 1.29 is 22.7 Å². The maximum absolute atomic E-state index is 13.0. The summed E-state index contributed by atoms with van der Waals surface area (Å²) in [6.45, 7) is 1.31. The first-order valence-corrected chi connectivity index (χ1v) is 11.7. The normalized spacial score (nSPS) is 26.2. The molecule has 0 unspecified atom stereocenters. The van der Waals surface area contributed by atoms with E-state index in [0.29, 0.717) is 18.8 Å². The maximum Gasteiger partial charge on any atom is 0.317 e. The highest BCUT2D eigenvalue weighted by molar-refractivity contribution is 7.89. The van der Waals surface area contributed by atoms with Gasteiger partial charge in [-0.3, -0.25) is 0 Å². The molecule has 1 aromatic rings. The van der Waals surface area contributed by atoms with E-state index in [1.807, 2.05) is 0 Å². The van der Waals surface area contributed by atoms with Gasteiger partial charge in [-0.25, -0.2) is 13.2 Å². The van der Waals surface area contributed by atoms with Gasteiger partial charge in [0, 0.05) is 19.1 Å². The Hall–Kier alpha value is -1.84. The summed E-state index contributed by atoms with van der Waals surface area (Å²) in [5.74, 6) is 0.613. The number of nitrogens with one attached hydrogen (secondary N) is 1. The first-order valence-electron chi connectivity index (χ1n) is 10.3. The lowest BCUT2D eigenvalue weighted by atomic mass is 9.96. The molecule has 1 aliphatic carbocycles. The fourth-order valence-electron chi connectivity index (χ4n) is 4.43. The summed E-state index contributed by atoms with van der Waals surface area (Å²) >= 11 is 0. The summed E-state index contributed by atoms with van der Waals surface area (Å²) in [5, 5.41) is 3.14. The van der Waals surface area contributed by atoms with E-state index in [-0.39, 0.29) is 42.3 Å². The molecule has 0 radical (unpaired) electrons. The number of hydrogen-bond donors (Lipinski definition) is 1. The van der Waals surface area contributed by atoms with Gasteiger partial charge in [-0.05, 0) is 37.1 Å². The van der Waals surface area contributed by atoms with E-state index in [2.05, 4.69) is 5.32 Å². The van der Waals surface area contributed by atoms with Crippen molar-refractivity contribution in [1.82, 2.24) is 14.5 Å². The number of sulfonamides is 1. The zero-order valence-electron chi connectivity index (χ0n) is 16.7. The van der Waals surface area contributed by atoms with Gasteiger partial charge in [0.25, 0.3) is 0 Å². The van der Waals surface area contributed by atoms with E-state index in [1.54, 1.807) is 36.3 Å². The molecular weight excluding hydrogens is 394 g/mol. The third kappa shape index (κ3) is 4.51. The van der Waals surface area contributed by atoms with Gasteiger partial charge < -0.3 is 19.7 Å². The van der Waals surface area contributed by atoms with E-state index in [1.165, 1.54) is 10.7 Å². The lowest BCUT2D eigenvalue weighted by molar-refractivity contribution is -0.111. The molecule has 3 fully saturated rings. The summed E-state index contributed by atoms with van der Waals surface area (Å²) in [5.41, 5.74) is 0. The highest BCUT2D eigenvalue weighted by atomic mass is 32.2. The fourth-order valence-corrected chi connectivity index (χ4v) is 5.93. The Morgan fingerprint density at radius 3 is 2.24 bits per heavy atom. The molecule has 0 spiro atoms. The van der Waals surface area contributed by atoms with Crippen molar-refractivity contribution >= 4 is 16.1 Å². The second-order valence-corrected chi connectivity index (χ2v) is 10.0. The van der Waals surface area contributed by atoms with Crippen molar-refractivity contribution in [2.75, 3.05) is 33.3 Å². The minimum atomic E-state index is -3.61. The molecule has 3 aliphatic rings. The van der Waals surface area contributed by atoms with Crippen molar-refractivity contribution in [3.63, 3.8) is 0 Å². The number of urea groups is 1. The molecule has 2 aliphatic heterocycles. The van der Waals surface area contributed by atoms with Crippen molar-refractivity contribution in [2.45, 2.75) is 55.2 Å². The highest BCUT2D eigenvalue weighted by Crippen LogP contribution is 2.26. The summed E-state index contributed by atoms with van der Waals surface area (Å²) in [7, 11) is -2.07. The summed E-state index contributed by atoms with van der Waals surface area (Å²) in [4.78, 5) is 14.7. The van der Waals surface area contributed by atoms with Crippen molar-refractivity contribution in [2.24, 2.45) is 0 Å². The molecule has 8 nitrogen and oxygen atoms in total. The number of methoxy groups -OCH3 is 1. The van der Waals surface area contributed by atoms with Gasteiger partial charge >= 0.3 is 6.03 Å². The predicted molar refractivity (Wildman–Crippen MR) is 107 cm³/mol. The molecule has 2 heterocycles. The zero-order valence-corrected chi connectivity index (χ0v) is 17.6. The number of rotatable bonds is 4. The van der Waals surface area contributed by atoms with Crippen LogP contribution in [0.4, 0.5) is 4.79 Å². The monoisotopic (exact) mass is 423 g/mol. The highest BCUT2D eigenvalue weighted by Gasteiger charge is 2.41. The standard InChI is InChI=1S/C20H29N3O5S/c1-27-16-7-9-19(10-8-16)29(25,26)23-13-17-11-22(12-18(14-23)28-17)20(24)21-15-5-3-2-4-6-15/h7-10,15,17-18H,2-6,11-14H2,1H3,(H,21,24)/t17-,18+. The third-order valence-electron chi connectivity index (χ3n) is 5.96. The van der Waals surface area contributed by atoms with Crippen LogP contribution in [0, 0.1) is 0 Å². The third-order valence-corrected chi connectivity index (χ3v) is 7.81. The average molecular weight is 424 g/mol. The molecule has 2 atom stereocenters. The number of carbonyl (C=O) groups is 1. The largest absolute Gasteiger partial charge is 0.497 e. The van der Waals surface area contributed by atoms with E-state index in [4.69, 9.17) is 9.47 Å². The molecule has 4 rings (SSSR count). The van der Waals surface area contributed by atoms with E-state index < -0.39 is 10.0 Å². The van der Waals surface area contributed by atoms with Gasteiger partial charge in [0.15, 0.2) is 0 Å². The Bertz CT molecular complexity index is 809. The number of nitrogens with zero attached hydrogens (tertiary/aromatic N) is 2. The maximum atomic E-state index is 13.0. The van der Waals surface area contributed by atoms with Gasteiger partial charge in [-0.15, -0.1) is 0 Å². The van der Waals surface area contributed by atoms with E-state index in [0.717, 1.165) is 25.7 Å². The molecule has 1 saturated carbocycles. The van der Waals surface area contributed by atoms with Gasteiger partial charge in [0.1, 0.15) is 5.75 Å². The molecule has 1 N–H and O–H groups in total. The topological polar surface area (TPSA) is 88.2 Å². The first-order chi connectivity index (χ1) is 14.0. The zero-order chi connectivity index (χ0) is 20.4. The summed E-state index contributed by atoms with van der Waals surface area (Å²) in [6, 6.07) is 6.61. The number of amides is 2. The quantitative estimate of drug-likeness (QED) is 0.798. The Labute approximate surface area is 172 Å². The Balaban J connectivity index is 1.39. The predicted octanol–water partition coefficient (Wildman–Crippen LogP) is 1.81. The van der Waals surface area contributed by atoms with Gasteiger partial charge in [-0.1, -0.05) is 19.3 Å². The van der Waals surface area contributed by atoms with Crippen molar-refractivity contribution in [3.8, 4) is 5.75 Å². The van der Waals surface area contributed by atoms with Crippen LogP contribution < -0.4 is 10.1 Å². The second kappa shape index (κ2) is 8.49. The van der Waals surface area contributed by atoms with Gasteiger partial charge in [-0.2, -0.15) is 4.31 Å². The molecule has 160 valence electrons. The molecule has 9 heteroatoms.